The van der Waals surface area contributed by atoms with Gasteiger partial charge in [-0.25, -0.2) is 4.98 Å². The summed E-state index contributed by atoms with van der Waals surface area (Å²) in [7, 11) is 1.55. The summed E-state index contributed by atoms with van der Waals surface area (Å²) < 4.78 is 5.14. The first kappa shape index (κ1) is 13.1. The third-order valence-electron chi connectivity index (χ3n) is 3.00. The number of nitrogen functional groups attached to an aromatic ring is 1. The number of anilines is 3. The van der Waals surface area contributed by atoms with Crippen LogP contribution >= 0.6 is 0 Å². The fourth-order valence-corrected chi connectivity index (χ4v) is 2.05. The molecule has 0 unspecified atom stereocenters. The normalized spacial score (nSPS) is 10.3. The van der Waals surface area contributed by atoms with Crippen LogP contribution in [0.25, 0.3) is 0 Å². The van der Waals surface area contributed by atoms with Crippen molar-refractivity contribution in [2.24, 2.45) is 0 Å². The van der Waals surface area contributed by atoms with Crippen LogP contribution < -0.4 is 15.4 Å². The molecule has 0 aliphatic rings. The zero-order valence-corrected chi connectivity index (χ0v) is 11.4. The minimum atomic E-state index is 0.400. The number of hydrogen-bond donors (Lipinski definition) is 1. The third kappa shape index (κ3) is 2.45. The molecule has 0 aliphatic heterocycles. The first-order chi connectivity index (χ1) is 9.19. The van der Waals surface area contributed by atoms with Crippen molar-refractivity contribution in [1.82, 2.24) is 9.97 Å². The highest BCUT2D eigenvalue weighted by Crippen LogP contribution is 2.33. The number of nitrogens with two attached hydrogens (primary N) is 1. The van der Waals surface area contributed by atoms with Gasteiger partial charge in [-0.1, -0.05) is 18.2 Å². The molecule has 1 heterocycles. The first-order valence-electron chi connectivity index (χ1n) is 6.16. The van der Waals surface area contributed by atoms with E-state index in [-0.39, 0.29) is 0 Å². The molecular formula is C14H18N4O. The van der Waals surface area contributed by atoms with Gasteiger partial charge in [0.05, 0.1) is 7.11 Å². The van der Waals surface area contributed by atoms with Crippen molar-refractivity contribution in [3.05, 3.63) is 36.2 Å². The van der Waals surface area contributed by atoms with E-state index in [1.807, 2.05) is 18.2 Å². The van der Waals surface area contributed by atoms with Crippen LogP contribution in [-0.2, 0) is 0 Å². The average molecular weight is 258 g/mol. The lowest BCUT2D eigenvalue weighted by atomic mass is 10.2. The molecule has 100 valence electrons. The van der Waals surface area contributed by atoms with E-state index in [0.717, 1.165) is 12.2 Å². The summed E-state index contributed by atoms with van der Waals surface area (Å²) in [6.07, 6.45) is 1.46. The molecule has 0 atom stereocenters. The van der Waals surface area contributed by atoms with Gasteiger partial charge >= 0.3 is 0 Å². The second-order valence-electron chi connectivity index (χ2n) is 4.15. The summed E-state index contributed by atoms with van der Waals surface area (Å²) in [5.41, 5.74) is 8.77. The lowest BCUT2D eigenvalue weighted by Crippen LogP contribution is -2.20. The van der Waals surface area contributed by atoms with E-state index < -0.39 is 0 Å². The van der Waals surface area contributed by atoms with Crippen LogP contribution in [0.5, 0.6) is 5.88 Å². The number of ether oxygens (including phenoxy) is 1. The van der Waals surface area contributed by atoms with Gasteiger partial charge in [-0.15, -0.1) is 0 Å². The first-order valence-corrected chi connectivity index (χ1v) is 6.16. The SMILES string of the molecule is CCN(c1ccccc1C)c1ncnc(OC)c1N. The van der Waals surface area contributed by atoms with Crippen LogP contribution in [-0.4, -0.2) is 23.6 Å². The van der Waals surface area contributed by atoms with Gasteiger partial charge in [0.15, 0.2) is 5.82 Å². The highest BCUT2D eigenvalue weighted by Gasteiger charge is 2.17. The van der Waals surface area contributed by atoms with E-state index in [9.17, 15) is 0 Å². The standard InChI is InChI=1S/C14H18N4O/c1-4-18(11-8-6-5-7-10(11)2)13-12(15)14(19-3)17-9-16-13/h5-9H,4,15H2,1-3H3. The second-order valence-corrected chi connectivity index (χ2v) is 4.15. The fourth-order valence-electron chi connectivity index (χ4n) is 2.05. The molecule has 0 bridgehead atoms. The molecule has 2 aromatic rings. The van der Waals surface area contributed by atoms with Crippen molar-refractivity contribution in [2.45, 2.75) is 13.8 Å². The second kappa shape index (κ2) is 5.56. The van der Waals surface area contributed by atoms with Crippen LogP contribution in [0.2, 0.25) is 0 Å². The number of aromatic nitrogens is 2. The number of aryl methyl sites for hydroxylation is 1. The van der Waals surface area contributed by atoms with Crippen LogP contribution in [0.4, 0.5) is 17.2 Å². The van der Waals surface area contributed by atoms with Crippen molar-refractivity contribution < 1.29 is 4.74 Å². The Labute approximate surface area is 113 Å². The maximum absolute atomic E-state index is 6.07. The van der Waals surface area contributed by atoms with E-state index in [1.165, 1.54) is 11.9 Å². The van der Waals surface area contributed by atoms with E-state index >= 15 is 0 Å². The molecule has 5 nitrogen and oxygen atoms in total. The number of nitrogens with zero attached hydrogens (tertiary/aromatic N) is 3. The van der Waals surface area contributed by atoms with Crippen molar-refractivity contribution in [3.63, 3.8) is 0 Å². The molecule has 0 fully saturated rings. The largest absolute Gasteiger partial charge is 0.479 e. The van der Waals surface area contributed by atoms with Crippen LogP contribution in [0.1, 0.15) is 12.5 Å². The zero-order valence-electron chi connectivity index (χ0n) is 11.4. The van der Waals surface area contributed by atoms with Gasteiger partial charge in [-0.05, 0) is 25.5 Å². The fraction of sp³-hybridized carbons (Fsp3) is 0.286. The molecule has 0 amide bonds. The summed E-state index contributed by atoms with van der Waals surface area (Å²) in [5.74, 6) is 1.07. The van der Waals surface area contributed by atoms with Crippen molar-refractivity contribution in [3.8, 4) is 5.88 Å². The van der Waals surface area contributed by atoms with Gasteiger partial charge in [-0.3, -0.25) is 0 Å². The molecule has 1 aromatic carbocycles. The van der Waals surface area contributed by atoms with E-state index in [0.29, 0.717) is 17.4 Å². The zero-order chi connectivity index (χ0) is 13.8. The molecule has 19 heavy (non-hydrogen) atoms. The van der Waals surface area contributed by atoms with Gasteiger partial charge in [0.1, 0.15) is 12.0 Å². The third-order valence-corrected chi connectivity index (χ3v) is 3.00. The lowest BCUT2D eigenvalue weighted by Gasteiger charge is -2.25. The van der Waals surface area contributed by atoms with Crippen molar-refractivity contribution >= 4 is 17.2 Å². The molecule has 5 heteroatoms. The molecule has 0 saturated carbocycles. The molecule has 1 aromatic heterocycles. The van der Waals surface area contributed by atoms with Gasteiger partial charge < -0.3 is 15.4 Å². The predicted molar refractivity (Wildman–Crippen MR) is 76.9 cm³/mol. The lowest BCUT2D eigenvalue weighted by molar-refractivity contribution is 0.399. The van der Waals surface area contributed by atoms with Crippen LogP contribution in [0.15, 0.2) is 30.6 Å². The summed E-state index contributed by atoms with van der Waals surface area (Å²) in [6, 6.07) is 8.12. The molecule has 2 N–H and O–H groups in total. The van der Waals surface area contributed by atoms with E-state index in [4.69, 9.17) is 10.5 Å². The predicted octanol–water partition coefficient (Wildman–Crippen LogP) is 2.53. The number of hydrogen-bond acceptors (Lipinski definition) is 5. The summed E-state index contributed by atoms with van der Waals surface area (Å²) in [5, 5.41) is 0. The number of benzene rings is 1. The van der Waals surface area contributed by atoms with Gasteiger partial charge in [-0.2, -0.15) is 4.98 Å². The summed E-state index contributed by atoms with van der Waals surface area (Å²) >= 11 is 0. The Morgan fingerprint density at radius 2 is 2.00 bits per heavy atom. The number of para-hydroxylation sites is 1. The maximum atomic E-state index is 6.07. The molecule has 0 radical (unpaired) electrons. The number of rotatable bonds is 4. The smallest absolute Gasteiger partial charge is 0.242 e. The van der Waals surface area contributed by atoms with Crippen LogP contribution in [0, 0.1) is 6.92 Å². The molecule has 0 aliphatic carbocycles. The van der Waals surface area contributed by atoms with Crippen molar-refractivity contribution in [2.75, 3.05) is 24.3 Å². The topological polar surface area (TPSA) is 64.3 Å². The molecule has 0 saturated heterocycles. The maximum Gasteiger partial charge on any atom is 0.242 e. The quantitative estimate of drug-likeness (QED) is 0.913. The Morgan fingerprint density at radius 3 is 2.63 bits per heavy atom. The number of methoxy groups -OCH3 is 1. The highest BCUT2D eigenvalue weighted by molar-refractivity contribution is 5.75. The highest BCUT2D eigenvalue weighted by atomic mass is 16.5. The van der Waals surface area contributed by atoms with E-state index in [2.05, 4.69) is 34.8 Å². The Balaban J connectivity index is 2.52. The summed E-state index contributed by atoms with van der Waals surface area (Å²) in [4.78, 5) is 10.3. The average Bonchev–Trinajstić information content (AvgIpc) is 2.43. The summed E-state index contributed by atoms with van der Waals surface area (Å²) in [6.45, 7) is 4.88. The van der Waals surface area contributed by atoms with Gasteiger partial charge in [0.25, 0.3) is 0 Å². The minimum absolute atomic E-state index is 0.400. The monoisotopic (exact) mass is 258 g/mol. The van der Waals surface area contributed by atoms with E-state index in [1.54, 1.807) is 7.11 Å². The Bertz CT molecular complexity index is 571. The van der Waals surface area contributed by atoms with Gasteiger partial charge in [0.2, 0.25) is 5.88 Å². The molecule has 0 spiro atoms. The van der Waals surface area contributed by atoms with Crippen molar-refractivity contribution in [1.29, 1.82) is 0 Å². The Morgan fingerprint density at radius 1 is 1.26 bits per heavy atom. The Kier molecular flexibility index (Phi) is 3.85. The van der Waals surface area contributed by atoms with Gasteiger partial charge in [0, 0.05) is 12.2 Å². The minimum Gasteiger partial charge on any atom is -0.479 e. The Hall–Kier alpha value is -2.30. The molecular weight excluding hydrogens is 240 g/mol. The van der Waals surface area contributed by atoms with Crippen LogP contribution in [0.3, 0.4) is 0 Å². The molecule has 2 rings (SSSR count).